The fraction of sp³-hybridized carbons (Fsp3) is 0.812. The van der Waals surface area contributed by atoms with Crippen molar-refractivity contribution in [1.82, 2.24) is 15.1 Å². The molecule has 1 aromatic rings. The molecule has 1 aliphatic carbocycles. The van der Waals surface area contributed by atoms with Crippen molar-refractivity contribution in [1.29, 1.82) is 0 Å². The maximum atomic E-state index is 4.51. The molecule has 1 heterocycles. The molecule has 3 nitrogen and oxygen atoms in total. The van der Waals surface area contributed by atoms with Gasteiger partial charge >= 0.3 is 0 Å². The van der Waals surface area contributed by atoms with Crippen LogP contribution >= 0.6 is 0 Å². The summed E-state index contributed by atoms with van der Waals surface area (Å²) in [5.74, 6) is 0.862. The molecule has 0 spiro atoms. The van der Waals surface area contributed by atoms with E-state index in [9.17, 15) is 0 Å². The summed E-state index contributed by atoms with van der Waals surface area (Å²) in [4.78, 5) is 0. The highest BCUT2D eigenvalue weighted by molar-refractivity contribution is 5.10. The Hall–Kier alpha value is -0.830. The average molecular weight is 263 g/mol. The van der Waals surface area contributed by atoms with E-state index in [0.717, 1.165) is 18.9 Å². The van der Waals surface area contributed by atoms with E-state index in [1.807, 2.05) is 11.7 Å². The van der Waals surface area contributed by atoms with Gasteiger partial charge in [0.15, 0.2) is 0 Å². The van der Waals surface area contributed by atoms with E-state index >= 15 is 0 Å². The van der Waals surface area contributed by atoms with E-state index in [1.165, 1.54) is 49.9 Å². The summed E-state index contributed by atoms with van der Waals surface area (Å²) in [6.45, 7) is 5.46. The van der Waals surface area contributed by atoms with Gasteiger partial charge in [0, 0.05) is 19.6 Å². The molecule has 1 atom stereocenters. The predicted molar refractivity (Wildman–Crippen MR) is 80.1 cm³/mol. The van der Waals surface area contributed by atoms with Crippen LogP contribution < -0.4 is 5.32 Å². The quantitative estimate of drug-likeness (QED) is 0.825. The van der Waals surface area contributed by atoms with E-state index in [0.29, 0.717) is 6.04 Å². The van der Waals surface area contributed by atoms with Gasteiger partial charge in [-0.2, -0.15) is 5.10 Å². The maximum absolute atomic E-state index is 4.51. The van der Waals surface area contributed by atoms with Gasteiger partial charge in [-0.25, -0.2) is 0 Å². The number of rotatable bonds is 5. The van der Waals surface area contributed by atoms with Crippen LogP contribution in [0.3, 0.4) is 0 Å². The smallest absolute Gasteiger partial charge is 0.0625 e. The van der Waals surface area contributed by atoms with Gasteiger partial charge in [-0.15, -0.1) is 0 Å². The fourth-order valence-electron chi connectivity index (χ4n) is 3.15. The Bertz CT molecular complexity index is 375. The molecule has 0 aromatic carbocycles. The summed E-state index contributed by atoms with van der Waals surface area (Å²) in [5.41, 5.74) is 2.50. The summed E-state index contributed by atoms with van der Waals surface area (Å²) < 4.78 is 2.02. The van der Waals surface area contributed by atoms with Gasteiger partial charge in [-0.3, -0.25) is 4.68 Å². The van der Waals surface area contributed by atoms with E-state index in [2.05, 4.69) is 30.3 Å². The van der Waals surface area contributed by atoms with Crippen molar-refractivity contribution in [3.05, 3.63) is 17.5 Å². The number of nitrogens with one attached hydrogen (secondary N) is 1. The van der Waals surface area contributed by atoms with Crippen LogP contribution in [0.2, 0.25) is 0 Å². The van der Waals surface area contributed by atoms with E-state index < -0.39 is 0 Å². The molecule has 108 valence electrons. The lowest BCUT2D eigenvalue weighted by molar-refractivity contribution is 0.334. The largest absolute Gasteiger partial charge is 0.308 e. The molecule has 2 rings (SSSR count). The molecule has 0 saturated heterocycles. The number of hydrogen-bond donors (Lipinski definition) is 1. The highest BCUT2D eigenvalue weighted by Crippen LogP contribution is 2.25. The summed E-state index contributed by atoms with van der Waals surface area (Å²) in [7, 11) is 2.05. The summed E-state index contributed by atoms with van der Waals surface area (Å²) in [6.07, 6.45) is 9.53. The molecule has 1 aliphatic rings. The first kappa shape index (κ1) is 14.6. The minimum Gasteiger partial charge on any atom is -0.308 e. The lowest BCUT2D eigenvalue weighted by Crippen LogP contribution is -2.33. The molecule has 0 amide bonds. The first-order valence-electron chi connectivity index (χ1n) is 7.96. The van der Waals surface area contributed by atoms with Crippen molar-refractivity contribution in [2.75, 3.05) is 0 Å². The monoisotopic (exact) mass is 263 g/mol. The van der Waals surface area contributed by atoms with E-state index in [4.69, 9.17) is 0 Å². The highest BCUT2D eigenvalue weighted by atomic mass is 15.3. The molecule has 1 saturated carbocycles. The molecule has 0 bridgehead atoms. The van der Waals surface area contributed by atoms with Crippen LogP contribution in [0.4, 0.5) is 0 Å². The van der Waals surface area contributed by atoms with Crippen LogP contribution in [-0.2, 0) is 20.0 Å². The average Bonchev–Trinajstić information content (AvgIpc) is 2.63. The third kappa shape index (κ3) is 4.07. The third-order valence-electron chi connectivity index (χ3n) is 4.60. The Kier molecular flexibility index (Phi) is 5.44. The van der Waals surface area contributed by atoms with Crippen molar-refractivity contribution in [2.45, 2.75) is 71.4 Å². The lowest BCUT2D eigenvalue weighted by atomic mass is 9.93. The van der Waals surface area contributed by atoms with Crippen LogP contribution in [0.15, 0.2) is 6.07 Å². The number of aryl methyl sites for hydroxylation is 2. The van der Waals surface area contributed by atoms with E-state index in [1.54, 1.807) is 0 Å². The molecule has 3 heteroatoms. The summed E-state index contributed by atoms with van der Waals surface area (Å²) in [6, 6.07) is 2.85. The van der Waals surface area contributed by atoms with Crippen molar-refractivity contribution in [3.8, 4) is 0 Å². The minimum absolute atomic E-state index is 0.623. The van der Waals surface area contributed by atoms with Crippen molar-refractivity contribution >= 4 is 0 Å². The van der Waals surface area contributed by atoms with Crippen molar-refractivity contribution in [3.63, 3.8) is 0 Å². The first-order valence-corrected chi connectivity index (χ1v) is 7.96. The second-order valence-electron chi connectivity index (χ2n) is 6.03. The van der Waals surface area contributed by atoms with Gasteiger partial charge in [-0.05, 0) is 38.2 Å². The normalized spacial score (nSPS) is 19.3. The second kappa shape index (κ2) is 7.09. The molecule has 0 aliphatic heterocycles. The Morgan fingerprint density at radius 2 is 2.00 bits per heavy atom. The Balaban J connectivity index is 1.84. The van der Waals surface area contributed by atoms with Gasteiger partial charge in [0.2, 0.25) is 0 Å². The molecular formula is C16H29N3. The summed E-state index contributed by atoms with van der Waals surface area (Å²) >= 11 is 0. The molecular weight excluding hydrogens is 234 g/mol. The third-order valence-corrected chi connectivity index (χ3v) is 4.60. The standard InChI is InChI=1S/C16H29N3/c1-4-15-11-16(19(3)18-15)12-17-13(2)14-9-7-5-6-8-10-14/h11,13-14,17H,4-10,12H2,1-3H3/t13-/m0/s1. The van der Waals surface area contributed by atoms with Crippen LogP contribution in [0, 0.1) is 5.92 Å². The zero-order chi connectivity index (χ0) is 13.7. The lowest BCUT2D eigenvalue weighted by Gasteiger charge is -2.23. The SMILES string of the molecule is CCc1cc(CN[C@@H](C)C2CCCCCC2)n(C)n1. The Morgan fingerprint density at radius 3 is 2.58 bits per heavy atom. The molecule has 19 heavy (non-hydrogen) atoms. The summed E-state index contributed by atoms with van der Waals surface area (Å²) in [5, 5.41) is 8.23. The van der Waals surface area contributed by atoms with Crippen molar-refractivity contribution in [2.24, 2.45) is 13.0 Å². The van der Waals surface area contributed by atoms with Crippen molar-refractivity contribution < 1.29 is 0 Å². The maximum Gasteiger partial charge on any atom is 0.0625 e. The predicted octanol–water partition coefficient (Wildman–Crippen LogP) is 3.43. The topological polar surface area (TPSA) is 29.9 Å². The number of nitrogens with zero attached hydrogens (tertiary/aromatic N) is 2. The Morgan fingerprint density at radius 1 is 1.32 bits per heavy atom. The molecule has 1 fully saturated rings. The Labute approximate surface area is 117 Å². The van der Waals surface area contributed by atoms with Gasteiger partial charge < -0.3 is 5.32 Å². The van der Waals surface area contributed by atoms with Crippen LogP contribution in [0.25, 0.3) is 0 Å². The van der Waals surface area contributed by atoms with E-state index in [-0.39, 0.29) is 0 Å². The van der Waals surface area contributed by atoms with Gasteiger partial charge in [0.05, 0.1) is 11.4 Å². The minimum atomic E-state index is 0.623. The van der Waals surface area contributed by atoms with Crippen LogP contribution in [-0.4, -0.2) is 15.8 Å². The van der Waals surface area contributed by atoms with Gasteiger partial charge in [0.1, 0.15) is 0 Å². The van der Waals surface area contributed by atoms with Crippen LogP contribution in [0.5, 0.6) is 0 Å². The molecule has 0 radical (unpaired) electrons. The second-order valence-corrected chi connectivity index (χ2v) is 6.03. The zero-order valence-corrected chi connectivity index (χ0v) is 12.8. The zero-order valence-electron chi connectivity index (χ0n) is 12.8. The molecule has 0 unspecified atom stereocenters. The van der Waals surface area contributed by atoms with Crippen LogP contribution in [0.1, 0.15) is 63.8 Å². The number of aromatic nitrogens is 2. The fourth-order valence-corrected chi connectivity index (χ4v) is 3.15. The highest BCUT2D eigenvalue weighted by Gasteiger charge is 2.18. The van der Waals surface area contributed by atoms with Gasteiger partial charge in [0.25, 0.3) is 0 Å². The van der Waals surface area contributed by atoms with Gasteiger partial charge in [-0.1, -0.05) is 32.6 Å². The first-order chi connectivity index (χ1) is 9.20. The molecule has 1 aromatic heterocycles. The number of hydrogen-bond acceptors (Lipinski definition) is 2. The molecule has 1 N–H and O–H groups in total.